The number of rotatable bonds is 8. The van der Waals surface area contributed by atoms with Crippen LogP contribution in [-0.2, 0) is 22.7 Å². The van der Waals surface area contributed by atoms with Crippen molar-refractivity contribution >= 4 is 11.8 Å². The average molecular weight is 399 g/mol. The third kappa shape index (κ3) is 6.02. The topological polar surface area (TPSA) is 70.7 Å². The van der Waals surface area contributed by atoms with Crippen LogP contribution < -0.4 is 15.4 Å². The molecule has 2 N–H and O–H groups in total. The molecule has 2 aromatic carbocycles. The second kappa shape index (κ2) is 10.0. The predicted octanol–water partition coefficient (Wildman–Crippen LogP) is 2.23. The number of carbonyl (C=O) groups is 2. The van der Waals surface area contributed by atoms with Crippen molar-refractivity contribution in [2.75, 3.05) is 19.7 Å². The van der Waals surface area contributed by atoms with E-state index in [1.807, 2.05) is 36.1 Å². The first-order valence-corrected chi connectivity index (χ1v) is 9.80. The van der Waals surface area contributed by atoms with Crippen molar-refractivity contribution in [3.63, 3.8) is 0 Å². The van der Waals surface area contributed by atoms with Gasteiger partial charge in [0.05, 0.1) is 19.1 Å². The summed E-state index contributed by atoms with van der Waals surface area (Å²) in [7, 11) is 0. The quantitative estimate of drug-likeness (QED) is 0.714. The van der Waals surface area contributed by atoms with E-state index in [2.05, 4.69) is 10.6 Å². The predicted molar refractivity (Wildman–Crippen MR) is 108 cm³/mol. The lowest BCUT2D eigenvalue weighted by Gasteiger charge is -2.34. The van der Waals surface area contributed by atoms with Crippen molar-refractivity contribution in [1.29, 1.82) is 0 Å². The van der Waals surface area contributed by atoms with Gasteiger partial charge in [-0.25, -0.2) is 4.39 Å². The molecule has 2 amide bonds. The number of nitrogens with zero attached hydrogens (tertiary/aromatic N) is 1. The first-order chi connectivity index (χ1) is 14.0. The van der Waals surface area contributed by atoms with Crippen LogP contribution in [0.2, 0.25) is 0 Å². The van der Waals surface area contributed by atoms with Gasteiger partial charge in [-0.15, -0.1) is 0 Å². The Balaban J connectivity index is 1.58. The Bertz CT molecular complexity index is 841. The molecule has 1 aliphatic rings. The first kappa shape index (κ1) is 20.8. The molecule has 2 aromatic rings. The molecule has 1 fully saturated rings. The second-order valence-corrected chi connectivity index (χ2v) is 6.97. The van der Waals surface area contributed by atoms with Crippen molar-refractivity contribution in [1.82, 2.24) is 15.5 Å². The third-order valence-corrected chi connectivity index (χ3v) is 4.82. The van der Waals surface area contributed by atoms with Gasteiger partial charge >= 0.3 is 0 Å². The largest absolute Gasteiger partial charge is 0.494 e. The number of ether oxygens (including phenoxy) is 1. The van der Waals surface area contributed by atoms with Crippen LogP contribution in [0.3, 0.4) is 0 Å². The molecule has 7 heteroatoms. The fourth-order valence-electron chi connectivity index (χ4n) is 3.36. The van der Waals surface area contributed by atoms with Gasteiger partial charge in [0.25, 0.3) is 0 Å². The van der Waals surface area contributed by atoms with Crippen LogP contribution in [0, 0.1) is 5.82 Å². The maximum atomic E-state index is 13.3. The van der Waals surface area contributed by atoms with E-state index in [4.69, 9.17) is 4.74 Å². The van der Waals surface area contributed by atoms with E-state index in [0.717, 1.165) is 11.3 Å². The van der Waals surface area contributed by atoms with Crippen molar-refractivity contribution in [3.8, 4) is 5.75 Å². The second-order valence-electron chi connectivity index (χ2n) is 6.97. The van der Waals surface area contributed by atoms with Gasteiger partial charge in [-0.2, -0.15) is 0 Å². The van der Waals surface area contributed by atoms with Gasteiger partial charge in [-0.1, -0.05) is 24.3 Å². The monoisotopic (exact) mass is 399 g/mol. The van der Waals surface area contributed by atoms with Gasteiger partial charge in [-0.3, -0.25) is 14.5 Å². The van der Waals surface area contributed by atoms with Gasteiger partial charge < -0.3 is 15.4 Å². The minimum absolute atomic E-state index is 0.0537. The molecule has 0 saturated carbocycles. The highest BCUT2D eigenvalue weighted by molar-refractivity contribution is 5.88. The van der Waals surface area contributed by atoms with E-state index in [9.17, 15) is 14.0 Å². The number of carbonyl (C=O) groups excluding carboxylic acids is 2. The minimum atomic E-state index is -0.539. The van der Waals surface area contributed by atoms with Crippen LogP contribution in [0.1, 0.15) is 24.5 Å². The summed E-state index contributed by atoms with van der Waals surface area (Å²) >= 11 is 0. The molecule has 0 aromatic heterocycles. The van der Waals surface area contributed by atoms with E-state index in [-0.39, 0.29) is 30.6 Å². The van der Waals surface area contributed by atoms with Gasteiger partial charge in [0, 0.05) is 26.2 Å². The molecule has 154 valence electrons. The van der Waals surface area contributed by atoms with Crippen molar-refractivity contribution in [3.05, 3.63) is 65.5 Å². The molecule has 6 nitrogen and oxygen atoms in total. The molecular formula is C22H26FN3O3. The molecule has 1 saturated heterocycles. The highest BCUT2D eigenvalue weighted by Gasteiger charge is 2.31. The number of hydrogen-bond acceptors (Lipinski definition) is 4. The summed E-state index contributed by atoms with van der Waals surface area (Å²) < 4.78 is 18.7. The van der Waals surface area contributed by atoms with E-state index < -0.39 is 6.04 Å². The minimum Gasteiger partial charge on any atom is -0.494 e. The summed E-state index contributed by atoms with van der Waals surface area (Å²) in [4.78, 5) is 26.8. The van der Waals surface area contributed by atoms with Crippen LogP contribution in [0.15, 0.2) is 48.5 Å². The lowest BCUT2D eigenvalue weighted by atomic mass is 10.1. The van der Waals surface area contributed by atoms with Crippen LogP contribution in [0.5, 0.6) is 5.75 Å². The Morgan fingerprint density at radius 3 is 2.76 bits per heavy atom. The summed E-state index contributed by atoms with van der Waals surface area (Å²) in [6.45, 7) is 4.56. The Hall–Kier alpha value is -2.93. The Kier molecular flexibility index (Phi) is 7.19. The molecule has 1 atom stereocenters. The van der Waals surface area contributed by atoms with Gasteiger partial charge in [-0.05, 0) is 42.3 Å². The zero-order valence-electron chi connectivity index (χ0n) is 16.5. The van der Waals surface area contributed by atoms with Crippen molar-refractivity contribution < 1.29 is 18.7 Å². The Labute approximate surface area is 170 Å². The number of nitrogens with one attached hydrogen (secondary N) is 2. The van der Waals surface area contributed by atoms with Crippen LogP contribution in [-0.4, -0.2) is 42.5 Å². The van der Waals surface area contributed by atoms with Crippen LogP contribution >= 0.6 is 0 Å². The molecule has 0 unspecified atom stereocenters. The summed E-state index contributed by atoms with van der Waals surface area (Å²) in [5.41, 5.74) is 1.73. The molecular weight excluding hydrogens is 373 g/mol. The first-order valence-electron chi connectivity index (χ1n) is 9.80. The number of benzene rings is 2. The smallest absolute Gasteiger partial charge is 0.237 e. The van der Waals surface area contributed by atoms with Gasteiger partial charge in [0.2, 0.25) is 11.8 Å². The van der Waals surface area contributed by atoms with E-state index in [1.54, 1.807) is 12.1 Å². The molecule has 29 heavy (non-hydrogen) atoms. The fraction of sp³-hybridized carbons (Fsp3) is 0.364. The molecule has 0 bridgehead atoms. The van der Waals surface area contributed by atoms with Crippen LogP contribution in [0.4, 0.5) is 4.39 Å². The van der Waals surface area contributed by atoms with Gasteiger partial charge in [0.15, 0.2) is 0 Å². The normalized spacial score (nSPS) is 16.9. The number of hydrogen-bond donors (Lipinski definition) is 2. The zero-order chi connectivity index (χ0) is 20.6. The van der Waals surface area contributed by atoms with Gasteiger partial charge in [0.1, 0.15) is 11.6 Å². The number of amides is 2. The average Bonchev–Trinajstić information content (AvgIpc) is 2.71. The maximum Gasteiger partial charge on any atom is 0.237 e. The fourth-order valence-corrected chi connectivity index (χ4v) is 3.36. The molecule has 0 spiro atoms. The van der Waals surface area contributed by atoms with Crippen molar-refractivity contribution in [2.45, 2.75) is 32.5 Å². The molecule has 1 heterocycles. The highest BCUT2D eigenvalue weighted by Crippen LogP contribution is 2.17. The lowest BCUT2D eigenvalue weighted by Crippen LogP contribution is -2.56. The van der Waals surface area contributed by atoms with E-state index in [1.165, 1.54) is 12.1 Å². The highest BCUT2D eigenvalue weighted by atomic mass is 19.1. The van der Waals surface area contributed by atoms with E-state index >= 15 is 0 Å². The van der Waals surface area contributed by atoms with E-state index in [0.29, 0.717) is 31.8 Å². The summed E-state index contributed by atoms with van der Waals surface area (Å²) in [5.74, 6) is 0.0712. The zero-order valence-corrected chi connectivity index (χ0v) is 16.5. The molecule has 1 aliphatic heterocycles. The Morgan fingerprint density at radius 2 is 2.03 bits per heavy atom. The lowest BCUT2D eigenvalue weighted by molar-refractivity contribution is -0.134. The number of piperazine rings is 1. The molecule has 3 rings (SSSR count). The SMILES string of the molecule is CCOc1ccc(CN2CCNC(=O)[C@@H]2CC(=O)NCc2cccc(F)c2)cc1. The maximum absolute atomic E-state index is 13.3. The third-order valence-electron chi connectivity index (χ3n) is 4.82. The standard InChI is InChI=1S/C22H26FN3O3/c1-2-29-19-8-6-16(7-9-19)15-26-11-10-24-22(28)20(26)13-21(27)25-14-17-4-3-5-18(23)12-17/h3-9,12,20H,2,10-11,13-15H2,1H3,(H,24,28)(H,25,27)/t20-/m0/s1. The van der Waals surface area contributed by atoms with Crippen LogP contribution in [0.25, 0.3) is 0 Å². The number of halogens is 1. The van der Waals surface area contributed by atoms with Crippen molar-refractivity contribution in [2.24, 2.45) is 0 Å². The molecule has 0 radical (unpaired) electrons. The molecule has 0 aliphatic carbocycles. The summed E-state index contributed by atoms with van der Waals surface area (Å²) in [6, 6.07) is 13.3. The summed E-state index contributed by atoms with van der Waals surface area (Å²) in [5, 5.41) is 5.60. The summed E-state index contributed by atoms with van der Waals surface area (Å²) in [6.07, 6.45) is 0.0537. The Morgan fingerprint density at radius 1 is 1.24 bits per heavy atom.